The summed E-state index contributed by atoms with van der Waals surface area (Å²) >= 11 is 6.00. The maximum absolute atomic E-state index is 11.6. The third-order valence-corrected chi connectivity index (χ3v) is 5.37. The van der Waals surface area contributed by atoms with Crippen LogP contribution in [0.3, 0.4) is 0 Å². The molecule has 0 radical (unpaired) electrons. The van der Waals surface area contributed by atoms with E-state index in [4.69, 9.17) is 21.1 Å². The van der Waals surface area contributed by atoms with Crippen LogP contribution < -0.4 is 5.32 Å². The molecule has 1 aromatic heterocycles. The number of anilines is 2. The molecular weight excluding hydrogens is 406 g/mol. The summed E-state index contributed by atoms with van der Waals surface area (Å²) < 4.78 is 5.83. The van der Waals surface area contributed by atoms with Crippen molar-refractivity contribution in [2.45, 2.75) is 19.3 Å². The molecule has 0 unspecified atom stereocenters. The van der Waals surface area contributed by atoms with E-state index in [-0.39, 0.29) is 0 Å². The van der Waals surface area contributed by atoms with Crippen LogP contribution >= 0.6 is 11.6 Å². The van der Waals surface area contributed by atoms with Gasteiger partial charge < -0.3 is 19.7 Å². The van der Waals surface area contributed by atoms with E-state index in [1.807, 2.05) is 24.3 Å². The van der Waals surface area contributed by atoms with E-state index in [9.17, 15) is 9.59 Å². The zero-order valence-electron chi connectivity index (χ0n) is 16.1. The van der Waals surface area contributed by atoms with Crippen molar-refractivity contribution in [1.29, 1.82) is 0 Å². The number of carbonyl (C=O) groups is 2. The molecule has 2 N–H and O–H groups in total. The molecule has 1 aromatic carbocycles. The van der Waals surface area contributed by atoms with E-state index in [0.29, 0.717) is 36.3 Å². The number of aliphatic carboxylic acids is 1. The summed E-state index contributed by atoms with van der Waals surface area (Å²) in [7, 11) is 0. The molecule has 154 valence electrons. The lowest BCUT2D eigenvalue weighted by atomic mass is 9.89. The van der Waals surface area contributed by atoms with Crippen molar-refractivity contribution < 1.29 is 19.1 Å². The van der Waals surface area contributed by atoms with Crippen LogP contribution in [0.25, 0.3) is 5.57 Å². The van der Waals surface area contributed by atoms with Crippen LogP contribution in [0.15, 0.2) is 64.3 Å². The number of hydrogen-bond acceptors (Lipinski definition) is 5. The topological polar surface area (TPSA) is 95.7 Å². The van der Waals surface area contributed by atoms with Crippen molar-refractivity contribution in [3.8, 4) is 0 Å². The lowest BCUT2D eigenvalue weighted by molar-refractivity contribution is -0.155. The summed E-state index contributed by atoms with van der Waals surface area (Å²) in [5.41, 5.74) is 4.23. The number of benzene rings is 1. The minimum absolute atomic E-state index is 0.328. The van der Waals surface area contributed by atoms with Crippen molar-refractivity contribution in [2.75, 3.05) is 18.4 Å². The molecule has 30 heavy (non-hydrogen) atoms. The number of hydrogen-bond donors (Lipinski definition) is 2. The highest BCUT2D eigenvalue weighted by Crippen LogP contribution is 2.33. The smallest absolute Gasteiger partial charge is 0.394 e. The highest BCUT2D eigenvalue weighted by atomic mass is 35.5. The lowest BCUT2D eigenvalue weighted by Gasteiger charge is -2.26. The summed E-state index contributed by atoms with van der Waals surface area (Å²) in [5.74, 6) is -1.55. The van der Waals surface area contributed by atoms with Gasteiger partial charge in [0, 0.05) is 23.8 Å². The molecule has 0 atom stereocenters. The van der Waals surface area contributed by atoms with Gasteiger partial charge in [0.15, 0.2) is 5.76 Å². The number of oxazole rings is 1. The zero-order chi connectivity index (χ0) is 21.1. The van der Waals surface area contributed by atoms with Gasteiger partial charge in [0.05, 0.1) is 6.20 Å². The zero-order valence-corrected chi connectivity index (χ0v) is 16.9. The molecule has 0 fully saturated rings. The van der Waals surface area contributed by atoms with E-state index < -0.39 is 11.9 Å². The van der Waals surface area contributed by atoms with Crippen LogP contribution in [0, 0.1) is 0 Å². The predicted octanol–water partition coefficient (Wildman–Crippen LogP) is 4.42. The molecule has 0 saturated carbocycles. The van der Waals surface area contributed by atoms with Gasteiger partial charge in [0.1, 0.15) is 0 Å². The van der Waals surface area contributed by atoms with E-state index in [1.54, 1.807) is 18.3 Å². The number of carboxylic acid groups (broad SMARTS) is 1. The van der Waals surface area contributed by atoms with Crippen LogP contribution in [0.1, 0.15) is 25.0 Å². The first kappa shape index (κ1) is 20.0. The minimum atomic E-state index is -1.41. The van der Waals surface area contributed by atoms with Gasteiger partial charge in [-0.1, -0.05) is 35.9 Å². The quantitative estimate of drug-likeness (QED) is 0.704. The molecule has 2 aliphatic rings. The first-order chi connectivity index (χ1) is 14.5. The van der Waals surface area contributed by atoms with Crippen LogP contribution in [-0.2, 0) is 9.59 Å². The number of halogens is 1. The van der Waals surface area contributed by atoms with Gasteiger partial charge in [-0.25, -0.2) is 9.78 Å². The van der Waals surface area contributed by atoms with Crippen LogP contribution in [0.4, 0.5) is 11.7 Å². The largest absolute Gasteiger partial charge is 0.474 e. The highest BCUT2D eigenvalue weighted by molar-refractivity contribution is 6.31. The minimum Gasteiger partial charge on any atom is -0.474 e. The number of carboxylic acids is 1. The molecule has 1 aliphatic carbocycles. The molecular formula is C22H20ClN3O4. The van der Waals surface area contributed by atoms with Gasteiger partial charge in [-0.2, -0.15) is 0 Å². The van der Waals surface area contributed by atoms with Gasteiger partial charge in [-0.15, -0.1) is 0 Å². The second kappa shape index (κ2) is 8.59. The molecule has 8 heteroatoms. The van der Waals surface area contributed by atoms with Gasteiger partial charge in [0.2, 0.25) is 0 Å². The summed E-state index contributed by atoms with van der Waals surface area (Å²) in [6.07, 6.45) is 10.0. The third kappa shape index (κ3) is 4.46. The van der Waals surface area contributed by atoms with Gasteiger partial charge in [-0.05, 0) is 54.2 Å². The average Bonchev–Trinajstić information content (AvgIpc) is 3.22. The summed E-state index contributed by atoms with van der Waals surface area (Å²) in [6.45, 7) is 0.751. The first-order valence-electron chi connectivity index (χ1n) is 9.60. The Bertz CT molecular complexity index is 1080. The number of rotatable bonds is 4. The maximum atomic E-state index is 11.6. The van der Waals surface area contributed by atoms with E-state index >= 15 is 0 Å². The van der Waals surface area contributed by atoms with E-state index in [0.717, 1.165) is 24.1 Å². The normalized spacial score (nSPS) is 16.4. The summed E-state index contributed by atoms with van der Waals surface area (Å²) in [4.78, 5) is 28.0. The van der Waals surface area contributed by atoms with Crippen molar-refractivity contribution in [3.05, 3.63) is 70.6 Å². The molecule has 7 nitrogen and oxygen atoms in total. The Morgan fingerprint density at radius 3 is 2.60 bits per heavy atom. The number of allylic oxidation sites excluding steroid dienone is 4. The number of carbonyl (C=O) groups excluding carboxylic acids is 1. The Labute approximate surface area is 178 Å². The number of nitrogens with one attached hydrogen (secondary N) is 1. The number of amides is 1. The Morgan fingerprint density at radius 2 is 1.93 bits per heavy atom. The summed E-state index contributed by atoms with van der Waals surface area (Å²) in [6, 6.07) is 7.73. The molecule has 1 amide bonds. The number of aromatic nitrogens is 1. The van der Waals surface area contributed by atoms with Gasteiger partial charge >= 0.3 is 11.9 Å². The molecule has 4 rings (SSSR count). The van der Waals surface area contributed by atoms with Gasteiger partial charge in [-0.3, -0.25) is 4.79 Å². The lowest BCUT2D eigenvalue weighted by Crippen LogP contribution is -2.39. The average molecular weight is 426 g/mol. The van der Waals surface area contributed by atoms with E-state index in [2.05, 4.69) is 16.4 Å². The number of nitrogens with zero attached hydrogens (tertiary/aromatic N) is 2. The van der Waals surface area contributed by atoms with Crippen molar-refractivity contribution >= 4 is 40.8 Å². The van der Waals surface area contributed by atoms with Crippen LogP contribution in [0.2, 0.25) is 5.02 Å². The molecule has 0 bridgehead atoms. The van der Waals surface area contributed by atoms with E-state index in [1.165, 1.54) is 16.0 Å². The monoisotopic (exact) mass is 425 g/mol. The predicted molar refractivity (Wildman–Crippen MR) is 113 cm³/mol. The van der Waals surface area contributed by atoms with Crippen LogP contribution in [0.5, 0.6) is 0 Å². The third-order valence-electron chi connectivity index (χ3n) is 5.14. The fourth-order valence-corrected chi connectivity index (χ4v) is 3.75. The standard InChI is InChI=1S/C22H20ClN3O4/c23-17-2-1-3-18(12-17)25-22-24-13-19(30-22)16-6-4-14(5-7-16)15-8-10-26(11-9-15)20(27)21(28)29/h1-4,6,8,12-13H,5,7,9-11H2,(H,24,25)(H,28,29). The fraction of sp³-hybridized carbons (Fsp3) is 0.227. The maximum Gasteiger partial charge on any atom is 0.394 e. The van der Waals surface area contributed by atoms with Gasteiger partial charge in [0.25, 0.3) is 6.01 Å². The Balaban J connectivity index is 1.42. The molecule has 2 heterocycles. The van der Waals surface area contributed by atoms with Crippen LogP contribution in [-0.4, -0.2) is 40.0 Å². The molecule has 1 aliphatic heterocycles. The Kier molecular flexibility index (Phi) is 5.72. The Morgan fingerprint density at radius 1 is 1.13 bits per heavy atom. The fourth-order valence-electron chi connectivity index (χ4n) is 3.56. The molecule has 2 aromatic rings. The highest BCUT2D eigenvalue weighted by Gasteiger charge is 2.24. The van der Waals surface area contributed by atoms with Crippen molar-refractivity contribution in [2.24, 2.45) is 0 Å². The molecule has 0 saturated heterocycles. The van der Waals surface area contributed by atoms with Crippen molar-refractivity contribution in [1.82, 2.24) is 9.88 Å². The SMILES string of the molecule is O=C(O)C(=O)N1CC=C(C2=CC=C(c3cnc(Nc4cccc(Cl)c4)o3)CC2)CC1. The van der Waals surface area contributed by atoms with Crippen molar-refractivity contribution in [3.63, 3.8) is 0 Å². The Hall–Kier alpha value is -3.32. The summed E-state index contributed by atoms with van der Waals surface area (Å²) in [5, 5.41) is 12.6. The first-order valence-corrected chi connectivity index (χ1v) is 9.97. The second-order valence-corrected chi connectivity index (χ2v) is 7.52. The molecule has 0 spiro atoms. The second-order valence-electron chi connectivity index (χ2n) is 7.08.